The summed E-state index contributed by atoms with van der Waals surface area (Å²) < 4.78 is 7.08. The standard InChI is InChI=1S/C30H39N7O4/c1-9-41-24-13-11-20(17-31-24)22-16-21(12-10-19(22)2)32-28(40)33-23-18-37(29(3,4)5)34-25(23)26(38)36-15-14-35(8)27(39)30(36,6)7/h10-13,16-18H,9,14-15H2,1-8H3,(H2,32,33,40). The summed E-state index contributed by atoms with van der Waals surface area (Å²) in [6, 6.07) is 8.80. The van der Waals surface area contributed by atoms with E-state index in [1.54, 1.807) is 42.9 Å². The number of urea groups is 1. The molecule has 4 amide bonds. The number of benzene rings is 1. The molecular formula is C30H39N7O4. The van der Waals surface area contributed by atoms with Crippen molar-refractivity contribution in [2.24, 2.45) is 0 Å². The number of nitrogens with zero attached hydrogens (tertiary/aromatic N) is 5. The van der Waals surface area contributed by atoms with Crippen LogP contribution in [0.4, 0.5) is 16.2 Å². The lowest BCUT2D eigenvalue weighted by atomic mass is 9.97. The third-order valence-corrected chi connectivity index (χ3v) is 7.14. The Labute approximate surface area is 240 Å². The zero-order valence-corrected chi connectivity index (χ0v) is 25.0. The summed E-state index contributed by atoms with van der Waals surface area (Å²) >= 11 is 0. The lowest BCUT2D eigenvalue weighted by Crippen LogP contribution is -2.63. The van der Waals surface area contributed by atoms with Crippen LogP contribution in [0.2, 0.25) is 0 Å². The molecule has 3 aromatic rings. The number of rotatable bonds is 6. The Morgan fingerprint density at radius 1 is 1.10 bits per heavy atom. The molecule has 0 aliphatic carbocycles. The van der Waals surface area contributed by atoms with Crippen LogP contribution in [-0.4, -0.2) is 74.7 Å². The lowest BCUT2D eigenvalue weighted by molar-refractivity contribution is -0.144. The topological polar surface area (TPSA) is 122 Å². The van der Waals surface area contributed by atoms with Gasteiger partial charge in [-0.05, 0) is 77.8 Å². The number of likely N-dealkylation sites (N-methyl/N-ethyl adjacent to an activating group) is 1. The molecule has 1 aromatic carbocycles. The Kier molecular flexibility index (Phi) is 8.10. The Morgan fingerprint density at radius 3 is 2.46 bits per heavy atom. The third-order valence-electron chi connectivity index (χ3n) is 7.14. The van der Waals surface area contributed by atoms with Crippen LogP contribution in [0.25, 0.3) is 11.1 Å². The van der Waals surface area contributed by atoms with Gasteiger partial charge in [-0.15, -0.1) is 0 Å². The van der Waals surface area contributed by atoms with Gasteiger partial charge in [-0.1, -0.05) is 6.07 Å². The molecule has 0 bridgehead atoms. The van der Waals surface area contributed by atoms with Crippen LogP contribution in [-0.2, 0) is 10.3 Å². The Morgan fingerprint density at radius 2 is 1.83 bits per heavy atom. The van der Waals surface area contributed by atoms with Crippen molar-refractivity contribution in [3.63, 3.8) is 0 Å². The molecule has 2 N–H and O–H groups in total. The summed E-state index contributed by atoms with van der Waals surface area (Å²) in [4.78, 5) is 47.3. The molecule has 0 atom stereocenters. The summed E-state index contributed by atoms with van der Waals surface area (Å²) in [6.07, 6.45) is 3.38. The van der Waals surface area contributed by atoms with Crippen LogP contribution in [0.1, 0.15) is 57.6 Å². The molecule has 0 saturated carbocycles. The molecule has 11 nitrogen and oxygen atoms in total. The largest absolute Gasteiger partial charge is 0.478 e. The Bertz CT molecular complexity index is 1450. The van der Waals surface area contributed by atoms with Gasteiger partial charge in [0.05, 0.1) is 24.0 Å². The highest BCUT2D eigenvalue weighted by atomic mass is 16.5. The van der Waals surface area contributed by atoms with Gasteiger partial charge in [-0.2, -0.15) is 5.10 Å². The molecule has 1 aliphatic rings. The van der Waals surface area contributed by atoms with Crippen LogP contribution in [0, 0.1) is 6.92 Å². The molecule has 0 unspecified atom stereocenters. The molecule has 1 saturated heterocycles. The number of carbonyl (C=O) groups excluding carboxylic acids is 3. The van der Waals surface area contributed by atoms with E-state index in [2.05, 4.69) is 20.7 Å². The van der Waals surface area contributed by atoms with Gasteiger partial charge in [0, 0.05) is 43.7 Å². The molecule has 1 fully saturated rings. The normalized spacial score (nSPS) is 15.1. The summed E-state index contributed by atoms with van der Waals surface area (Å²) in [5.74, 6) is -0.0269. The van der Waals surface area contributed by atoms with E-state index in [9.17, 15) is 14.4 Å². The second-order valence-corrected chi connectivity index (χ2v) is 11.7. The summed E-state index contributed by atoms with van der Waals surface area (Å²) in [6.45, 7) is 14.5. The molecule has 1 aliphatic heterocycles. The molecular weight excluding hydrogens is 522 g/mol. The number of carbonyl (C=O) groups is 3. The maximum Gasteiger partial charge on any atom is 0.323 e. The minimum absolute atomic E-state index is 0.0746. The lowest BCUT2D eigenvalue weighted by Gasteiger charge is -2.44. The first-order valence-corrected chi connectivity index (χ1v) is 13.7. The highest BCUT2D eigenvalue weighted by Crippen LogP contribution is 2.29. The van der Waals surface area contributed by atoms with Crippen LogP contribution < -0.4 is 15.4 Å². The predicted octanol–water partition coefficient (Wildman–Crippen LogP) is 4.74. The van der Waals surface area contributed by atoms with E-state index in [1.807, 2.05) is 65.0 Å². The van der Waals surface area contributed by atoms with E-state index < -0.39 is 23.0 Å². The van der Waals surface area contributed by atoms with Crippen LogP contribution in [0.3, 0.4) is 0 Å². The quantitative estimate of drug-likeness (QED) is 0.448. The average molecular weight is 562 g/mol. The fourth-order valence-electron chi connectivity index (χ4n) is 4.73. The molecule has 41 heavy (non-hydrogen) atoms. The number of pyridine rings is 1. The van der Waals surface area contributed by atoms with E-state index in [0.717, 1.165) is 16.7 Å². The minimum atomic E-state index is -1.05. The number of aromatic nitrogens is 3. The first-order valence-electron chi connectivity index (χ1n) is 13.7. The number of ether oxygens (including phenoxy) is 1. The highest BCUT2D eigenvalue weighted by molar-refractivity contribution is 6.07. The first kappa shape index (κ1) is 29.6. The number of aryl methyl sites for hydroxylation is 1. The van der Waals surface area contributed by atoms with E-state index in [1.165, 1.54) is 4.90 Å². The minimum Gasteiger partial charge on any atom is -0.478 e. The molecule has 11 heteroatoms. The third kappa shape index (κ3) is 6.18. The van der Waals surface area contributed by atoms with Gasteiger partial charge < -0.3 is 25.2 Å². The SMILES string of the molecule is CCOc1ccc(-c2cc(NC(=O)Nc3cn(C(C)(C)C)nc3C(=O)N3CCN(C)C(=O)C3(C)C)ccc2C)cn1. The van der Waals surface area contributed by atoms with Crippen molar-refractivity contribution in [3.8, 4) is 17.0 Å². The van der Waals surface area contributed by atoms with E-state index in [-0.39, 0.29) is 17.3 Å². The van der Waals surface area contributed by atoms with Crippen LogP contribution in [0.5, 0.6) is 5.88 Å². The van der Waals surface area contributed by atoms with E-state index >= 15 is 0 Å². The van der Waals surface area contributed by atoms with Gasteiger partial charge in [-0.25, -0.2) is 9.78 Å². The van der Waals surface area contributed by atoms with Crippen molar-refractivity contribution in [1.29, 1.82) is 0 Å². The van der Waals surface area contributed by atoms with E-state index in [0.29, 0.717) is 31.3 Å². The highest BCUT2D eigenvalue weighted by Gasteiger charge is 2.44. The number of hydrogen-bond donors (Lipinski definition) is 2. The molecule has 2 aromatic heterocycles. The van der Waals surface area contributed by atoms with Crippen molar-refractivity contribution in [2.45, 2.75) is 59.5 Å². The number of anilines is 2. The van der Waals surface area contributed by atoms with Crippen molar-refractivity contribution in [3.05, 3.63) is 54.0 Å². The van der Waals surface area contributed by atoms with Crippen molar-refractivity contribution in [1.82, 2.24) is 24.6 Å². The summed E-state index contributed by atoms with van der Waals surface area (Å²) in [5, 5.41) is 10.2. The number of hydrogen-bond acceptors (Lipinski definition) is 6. The van der Waals surface area contributed by atoms with Crippen molar-refractivity contribution < 1.29 is 19.1 Å². The fraction of sp³-hybridized carbons (Fsp3) is 0.433. The zero-order valence-electron chi connectivity index (χ0n) is 25.0. The van der Waals surface area contributed by atoms with Gasteiger partial charge >= 0.3 is 6.03 Å². The maximum atomic E-state index is 13.8. The number of piperazine rings is 1. The molecule has 0 spiro atoms. The number of amides is 4. The number of nitrogens with one attached hydrogen (secondary N) is 2. The summed E-state index contributed by atoms with van der Waals surface area (Å²) in [7, 11) is 1.72. The average Bonchev–Trinajstić information content (AvgIpc) is 3.33. The maximum absolute atomic E-state index is 13.8. The van der Waals surface area contributed by atoms with E-state index in [4.69, 9.17) is 4.74 Å². The van der Waals surface area contributed by atoms with Gasteiger partial charge in [0.2, 0.25) is 11.8 Å². The second kappa shape index (κ2) is 11.2. The summed E-state index contributed by atoms with van der Waals surface area (Å²) in [5.41, 5.74) is 2.22. The van der Waals surface area contributed by atoms with Gasteiger partial charge in [0.25, 0.3) is 5.91 Å². The van der Waals surface area contributed by atoms with Crippen molar-refractivity contribution in [2.75, 3.05) is 37.4 Å². The van der Waals surface area contributed by atoms with Gasteiger partial charge in [0.15, 0.2) is 5.69 Å². The Hall–Kier alpha value is -4.41. The van der Waals surface area contributed by atoms with Crippen LogP contribution in [0.15, 0.2) is 42.7 Å². The molecule has 4 rings (SSSR count). The van der Waals surface area contributed by atoms with Crippen molar-refractivity contribution >= 4 is 29.2 Å². The smallest absolute Gasteiger partial charge is 0.323 e. The second-order valence-electron chi connectivity index (χ2n) is 11.7. The zero-order chi connectivity index (χ0) is 30.1. The molecule has 3 heterocycles. The van der Waals surface area contributed by atoms with Crippen LogP contribution >= 0.6 is 0 Å². The first-order chi connectivity index (χ1) is 19.2. The van der Waals surface area contributed by atoms with Gasteiger partial charge in [0.1, 0.15) is 5.54 Å². The molecule has 0 radical (unpaired) electrons. The molecule has 218 valence electrons. The Balaban J connectivity index is 1.58. The fourth-order valence-corrected chi connectivity index (χ4v) is 4.73. The predicted molar refractivity (Wildman–Crippen MR) is 158 cm³/mol. The van der Waals surface area contributed by atoms with Gasteiger partial charge in [-0.3, -0.25) is 14.3 Å². The monoisotopic (exact) mass is 561 g/mol.